The quantitative estimate of drug-likeness (QED) is 0.533. The summed E-state index contributed by atoms with van der Waals surface area (Å²) in [5.41, 5.74) is 2.17. The predicted octanol–water partition coefficient (Wildman–Crippen LogP) is 5.07. The molecule has 1 atom stereocenters. The summed E-state index contributed by atoms with van der Waals surface area (Å²) in [6.07, 6.45) is 0.943. The topological polar surface area (TPSA) is 49.4 Å². The van der Waals surface area contributed by atoms with Crippen molar-refractivity contribution in [3.63, 3.8) is 0 Å². The van der Waals surface area contributed by atoms with Gasteiger partial charge in [-0.3, -0.25) is 9.59 Å². The lowest BCUT2D eigenvalue weighted by Gasteiger charge is -2.30. The summed E-state index contributed by atoms with van der Waals surface area (Å²) in [6, 6.07) is 15.2. The van der Waals surface area contributed by atoms with Crippen LogP contribution in [0.15, 0.2) is 53.4 Å². The van der Waals surface area contributed by atoms with Crippen molar-refractivity contribution >= 4 is 35.2 Å². The van der Waals surface area contributed by atoms with E-state index < -0.39 is 6.04 Å². The largest absolute Gasteiger partial charge is 0.355 e. The fourth-order valence-electron chi connectivity index (χ4n) is 3.03. The van der Waals surface area contributed by atoms with Crippen LogP contribution in [0.3, 0.4) is 0 Å². The molecule has 0 radical (unpaired) electrons. The number of hydrogen-bond donors (Lipinski definition) is 1. The van der Waals surface area contributed by atoms with Gasteiger partial charge in [0.05, 0.1) is 0 Å². The van der Waals surface area contributed by atoms with E-state index in [1.165, 1.54) is 5.56 Å². The van der Waals surface area contributed by atoms with E-state index in [4.69, 9.17) is 11.6 Å². The molecule has 6 heteroatoms. The normalized spacial score (nSPS) is 11.7. The fourth-order valence-corrected chi connectivity index (χ4v) is 4.00. The molecule has 0 bridgehead atoms. The first-order valence-electron chi connectivity index (χ1n) is 9.95. The summed E-state index contributed by atoms with van der Waals surface area (Å²) < 4.78 is 0. The minimum atomic E-state index is -0.484. The van der Waals surface area contributed by atoms with Crippen LogP contribution in [0.4, 0.5) is 0 Å². The molecule has 0 aromatic heterocycles. The van der Waals surface area contributed by atoms with Crippen LogP contribution in [0.2, 0.25) is 5.02 Å². The maximum Gasteiger partial charge on any atom is 0.242 e. The second-order valence-corrected chi connectivity index (χ2v) is 8.48. The molecule has 0 aliphatic rings. The Bertz CT molecular complexity index is 794. The van der Waals surface area contributed by atoms with Crippen molar-refractivity contribution in [2.75, 3.05) is 12.3 Å². The number of benzene rings is 2. The fraction of sp³-hybridized carbons (Fsp3) is 0.391. The second kappa shape index (κ2) is 11.9. The zero-order chi connectivity index (χ0) is 21.2. The van der Waals surface area contributed by atoms with Gasteiger partial charge in [-0.1, -0.05) is 48.4 Å². The lowest BCUT2D eigenvalue weighted by atomic mass is 10.1. The molecule has 0 spiro atoms. The number of nitrogens with zero attached hydrogens (tertiary/aromatic N) is 1. The molecule has 1 N–H and O–H groups in total. The van der Waals surface area contributed by atoms with E-state index in [-0.39, 0.29) is 11.8 Å². The zero-order valence-corrected chi connectivity index (χ0v) is 18.9. The van der Waals surface area contributed by atoms with E-state index in [2.05, 4.69) is 36.5 Å². The average molecular weight is 433 g/mol. The van der Waals surface area contributed by atoms with Crippen LogP contribution in [-0.2, 0) is 16.1 Å². The number of rotatable bonds is 10. The maximum atomic E-state index is 13.1. The van der Waals surface area contributed by atoms with Crippen molar-refractivity contribution in [3.05, 3.63) is 64.7 Å². The molecule has 2 amide bonds. The summed E-state index contributed by atoms with van der Waals surface area (Å²) in [5.74, 6) is 0.548. The predicted molar refractivity (Wildman–Crippen MR) is 121 cm³/mol. The van der Waals surface area contributed by atoms with Crippen LogP contribution in [0.1, 0.15) is 37.8 Å². The Hall–Kier alpha value is -1.98. The van der Waals surface area contributed by atoms with E-state index in [1.54, 1.807) is 28.8 Å². The number of likely N-dealkylation sites (N-methyl/N-ethyl adjacent to an activating group) is 1. The summed E-state index contributed by atoms with van der Waals surface area (Å²) in [6.45, 7) is 6.80. The number of nitrogens with one attached hydrogen (secondary N) is 1. The molecule has 0 aliphatic heterocycles. The molecule has 2 aromatic carbocycles. The Balaban J connectivity index is 2.08. The minimum Gasteiger partial charge on any atom is -0.355 e. The van der Waals surface area contributed by atoms with Crippen LogP contribution in [0, 0.1) is 6.92 Å². The number of hydrogen-bond acceptors (Lipinski definition) is 3. The van der Waals surface area contributed by atoms with Crippen molar-refractivity contribution in [1.29, 1.82) is 0 Å². The first-order chi connectivity index (χ1) is 13.9. The van der Waals surface area contributed by atoms with Crippen LogP contribution in [0.25, 0.3) is 0 Å². The third-order valence-corrected chi connectivity index (χ3v) is 5.87. The van der Waals surface area contributed by atoms with Gasteiger partial charge in [0.25, 0.3) is 0 Å². The van der Waals surface area contributed by atoms with Crippen LogP contribution >= 0.6 is 23.4 Å². The highest BCUT2D eigenvalue weighted by molar-refractivity contribution is 7.99. The molecule has 4 nitrogen and oxygen atoms in total. The van der Waals surface area contributed by atoms with Crippen molar-refractivity contribution in [2.24, 2.45) is 0 Å². The van der Waals surface area contributed by atoms with E-state index >= 15 is 0 Å². The standard InChI is InChI=1S/C23H29ClN2O2S/c1-4-21(23(28)25-5-2)26(16-18-8-10-19(24)11-9-18)22(27)14-15-29-20-12-6-17(3)7-13-20/h6-13,21H,4-5,14-16H2,1-3H3,(H,25,28)/t21-/m1/s1. The molecule has 156 valence electrons. The van der Waals surface area contributed by atoms with Gasteiger partial charge in [-0.15, -0.1) is 11.8 Å². The Kier molecular flexibility index (Phi) is 9.55. The SMILES string of the molecule is CCNC(=O)[C@@H](CC)N(Cc1ccc(Cl)cc1)C(=O)CCSc1ccc(C)cc1. The number of halogens is 1. The number of carbonyl (C=O) groups is 2. The Labute approximate surface area is 183 Å². The Morgan fingerprint density at radius 3 is 2.31 bits per heavy atom. The third kappa shape index (κ3) is 7.41. The number of carbonyl (C=O) groups excluding carboxylic acids is 2. The van der Waals surface area contributed by atoms with Gasteiger partial charge < -0.3 is 10.2 Å². The zero-order valence-electron chi connectivity index (χ0n) is 17.3. The third-order valence-electron chi connectivity index (χ3n) is 4.61. The van der Waals surface area contributed by atoms with Crippen molar-refractivity contribution in [3.8, 4) is 0 Å². The van der Waals surface area contributed by atoms with Gasteiger partial charge in [0, 0.05) is 35.2 Å². The highest BCUT2D eigenvalue weighted by Crippen LogP contribution is 2.21. The highest BCUT2D eigenvalue weighted by atomic mass is 35.5. The second-order valence-electron chi connectivity index (χ2n) is 6.88. The van der Waals surface area contributed by atoms with Crippen LogP contribution in [0.5, 0.6) is 0 Å². The molecule has 0 saturated heterocycles. The summed E-state index contributed by atoms with van der Waals surface area (Å²) in [4.78, 5) is 28.5. The summed E-state index contributed by atoms with van der Waals surface area (Å²) in [5, 5.41) is 3.50. The van der Waals surface area contributed by atoms with Gasteiger partial charge in [0.2, 0.25) is 11.8 Å². The van der Waals surface area contributed by atoms with Crippen LogP contribution in [-0.4, -0.2) is 35.1 Å². The number of aryl methyl sites for hydroxylation is 1. The van der Waals surface area contributed by atoms with Gasteiger partial charge in [-0.2, -0.15) is 0 Å². The molecule has 29 heavy (non-hydrogen) atoms. The van der Waals surface area contributed by atoms with Crippen molar-refractivity contribution < 1.29 is 9.59 Å². The molecule has 0 heterocycles. The molecule has 0 aliphatic carbocycles. The van der Waals surface area contributed by atoms with E-state index in [9.17, 15) is 9.59 Å². The highest BCUT2D eigenvalue weighted by Gasteiger charge is 2.28. The van der Waals surface area contributed by atoms with E-state index in [0.717, 1.165) is 10.5 Å². The Morgan fingerprint density at radius 2 is 1.72 bits per heavy atom. The maximum absolute atomic E-state index is 13.1. The molecule has 2 rings (SSSR count). The van der Waals surface area contributed by atoms with Crippen molar-refractivity contribution in [1.82, 2.24) is 10.2 Å². The molecule has 0 fully saturated rings. The first-order valence-corrected chi connectivity index (χ1v) is 11.3. The number of thioether (sulfide) groups is 1. The molecular weight excluding hydrogens is 404 g/mol. The summed E-state index contributed by atoms with van der Waals surface area (Å²) in [7, 11) is 0. The monoisotopic (exact) mass is 432 g/mol. The van der Waals surface area contributed by atoms with Gasteiger partial charge >= 0.3 is 0 Å². The molecule has 0 unspecified atom stereocenters. The van der Waals surface area contributed by atoms with Gasteiger partial charge in [-0.25, -0.2) is 0 Å². The lowest BCUT2D eigenvalue weighted by molar-refractivity contribution is -0.141. The summed E-state index contributed by atoms with van der Waals surface area (Å²) >= 11 is 7.64. The minimum absolute atomic E-state index is 0.0161. The van der Waals surface area contributed by atoms with E-state index in [0.29, 0.717) is 36.7 Å². The van der Waals surface area contributed by atoms with Gasteiger partial charge in [0.15, 0.2) is 0 Å². The van der Waals surface area contributed by atoms with E-state index in [1.807, 2.05) is 26.0 Å². The van der Waals surface area contributed by atoms with Crippen LogP contribution < -0.4 is 5.32 Å². The molecule has 2 aromatic rings. The van der Waals surface area contributed by atoms with Gasteiger partial charge in [0.1, 0.15) is 6.04 Å². The molecular formula is C23H29ClN2O2S. The molecule has 0 saturated carbocycles. The van der Waals surface area contributed by atoms with Crippen molar-refractivity contribution in [2.45, 2.75) is 51.1 Å². The first kappa shape index (κ1) is 23.3. The average Bonchev–Trinajstić information content (AvgIpc) is 2.71. The van der Waals surface area contributed by atoms with Gasteiger partial charge in [-0.05, 0) is 50.1 Å². The Morgan fingerprint density at radius 1 is 1.07 bits per heavy atom. The lowest BCUT2D eigenvalue weighted by Crippen LogP contribution is -2.49. The smallest absolute Gasteiger partial charge is 0.242 e. The number of amides is 2.